The van der Waals surface area contributed by atoms with Crippen molar-refractivity contribution in [3.8, 4) is 0 Å². The van der Waals surface area contributed by atoms with Crippen molar-refractivity contribution >= 4 is 29.4 Å². The third-order valence-electron chi connectivity index (χ3n) is 4.46. The molecule has 25 heavy (non-hydrogen) atoms. The molecule has 0 bridgehead atoms. The summed E-state index contributed by atoms with van der Waals surface area (Å²) in [5.41, 5.74) is 0.686. The molecule has 1 N–H and O–H groups in total. The van der Waals surface area contributed by atoms with Crippen LogP contribution in [0.3, 0.4) is 0 Å². The maximum atomic E-state index is 12.0. The number of ether oxygens (including phenoxy) is 1. The van der Waals surface area contributed by atoms with Crippen LogP contribution in [0, 0.1) is 5.92 Å². The summed E-state index contributed by atoms with van der Waals surface area (Å²) < 4.78 is 5.00. The predicted molar refractivity (Wildman–Crippen MR) is 88.8 cm³/mol. The Morgan fingerprint density at radius 3 is 2.32 bits per heavy atom. The van der Waals surface area contributed by atoms with Crippen LogP contribution in [-0.4, -0.2) is 36.3 Å². The van der Waals surface area contributed by atoms with Crippen LogP contribution in [0.4, 0.5) is 5.69 Å². The number of nitrogens with one attached hydrogen (secondary N) is 1. The van der Waals surface area contributed by atoms with Gasteiger partial charge in [-0.3, -0.25) is 19.3 Å². The van der Waals surface area contributed by atoms with Gasteiger partial charge in [0.15, 0.2) is 6.61 Å². The number of imide groups is 1. The molecule has 1 saturated carbocycles. The first kappa shape index (κ1) is 17.1. The highest BCUT2D eigenvalue weighted by Gasteiger charge is 2.30. The minimum Gasteiger partial charge on any atom is -0.452 e. The van der Waals surface area contributed by atoms with Crippen LogP contribution in [0.5, 0.6) is 0 Å². The van der Waals surface area contributed by atoms with E-state index in [4.69, 9.17) is 4.74 Å². The molecule has 1 aromatic rings. The summed E-state index contributed by atoms with van der Waals surface area (Å²) in [5, 5.41) is 2.81. The van der Waals surface area contributed by atoms with Gasteiger partial charge in [-0.15, -0.1) is 0 Å². The van der Waals surface area contributed by atoms with Crippen LogP contribution in [0.1, 0.15) is 43.0 Å². The summed E-state index contributed by atoms with van der Waals surface area (Å²) in [5.74, 6) is -0.913. The average Bonchev–Trinajstić information content (AvgIpc) is 3.39. The summed E-state index contributed by atoms with van der Waals surface area (Å²) in [4.78, 5) is 48.2. The van der Waals surface area contributed by atoms with E-state index in [1.807, 2.05) is 6.92 Å². The van der Waals surface area contributed by atoms with Gasteiger partial charge < -0.3 is 10.1 Å². The summed E-state index contributed by atoms with van der Waals surface area (Å²) >= 11 is 0. The molecule has 132 valence electrons. The van der Waals surface area contributed by atoms with E-state index < -0.39 is 5.97 Å². The largest absolute Gasteiger partial charge is 0.452 e. The molecule has 0 spiro atoms. The third-order valence-corrected chi connectivity index (χ3v) is 4.46. The number of hydrogen-bond acceptors (Lipinski definition) is 5. The van der Waals surface area contributed by atoms with E-state index in [0.717, 1.165) is 17.7 Å². The number of carbonyl (C=O) groups excluding carboxylic acids is 4. The molecule has 1 heterocycles. The van der Waals surface area contributed by atoms with E-state index in [0.29, 0.717) is 11.6 Å². The Hall–Kier alpha value is -2.70. The number of benzene rings is 1. The van der Waals surface area contributed by atoms with Crippen molar-refractivity contribution < 1.29 is 23.9 Å². The molecule has 1 aliphatic carbocycles. The van der Waals surface area contributed by atoms with Crippen molar-refractivity contribution in [2.45, 2.75) is 38.6 Å². The highest BCUT2D eigenvalue weighted by atomic mass is 16.5. The van der Waals surface area contributed by atoms with Crippen LogP contribution >= 0.6 is 0 Å². The summed E-state index contributed by atoms with van der Waals surface area (Å²) in [6.45, 7) is 1.61. The van der Waals surface area contributed by atoms with E-state index >= 15 is 0 Å². The van der Waals surface area contributed by atoms with Crippen molar-refractivity contribution in [1.82, 2.24) is 5.32 Å². The standard InChI is InChI=1S/C18H20N2O5/c1-11(12-2-3-12)19-15(21)10-25-18(24)13-4-6-14(7-5-13)20-16(22)8-9-17(20)23/h4-7,11-12H,2-3,8-10H2,1H3,(H,19,21)/t11-/m0/s1. The van der Waals surface area contributed by atoms with Crippen molar-refractivity contribution in [1.29, 1.82) is 0 Å². The van der Waals surface area contributed by atoms with Gasteiger partial charge in [0.05, 0.1) is 11.3 Å². The number of rotatable bonds is 6. The Kier molecular flexibility index (Phi) is 4.83. The van der Waals surface area contributed by atoms with E-state index in [9.17, 15) is 19.2 Å². The molecule has 2 fully saturated rings. The van der Waals surface area contributed by atoms with E-state index in [-0.39, 0.29) is 48.8 Å². The smallest absolute Gasteiger partial charge is 0.338 e. The first-order valence-corrected chi connectivity index (χ1v) is 8.38. The maximum absolute atomic E-state index is 12.0. The Labute approximate surface area is 145 Å². The molecule has 2 aliphatic rings. The number of hydrogen-bond donors (Lipinski definition) is 1. The summed E-state index contributed by atoms with van der Waals surface area (Å²) in [6.07, 6.45) is 2.65. The maximum Gasteiger partial charge on any atom is 0.338 e. The zero-order valence-electron chi connectivity index (χ0n) is 14.0. The van der Waals surface area contributed by atoms with Gasteiger partial charge in [-0.25, -0.2) is 4.79 Å². The zero-order valence-corrected chi connectivity index (χ0v) is 14.0. The number of esters is 1. The SMILES string of the molecule is C[C@H](NC(=O)COC(=O)c1ccc(N2C(=O)CCC2=O)cc1)C1CC1. The Morgan fingerprint density at radius 2 is 1.76 bits per heavy atom. The van der Waals surface area contributed by atoms with E-state index in [1.165, 1.54) is 24.3 Å². The minimum atomic E-state index is -0.625. The fraction of sp³-hybridized carbons (Fsp3) is 0.444. The molecule has 1 atom stereocenters. The fourth-order valence-electron chi connectivity index (χ4n) is 2.84. The lowest BCUT2D eigenvalue weighted by Gasteiger charge is -2.14. The monoisotopic (exact) mass is 344 g/mol. The van der Waals surface area contributed by atoms with Crippen LogP contribution in [0.15, 0.2) is 24.3 Å². The van der Waals surface area contributed by atoms with Gasteiger partial charge in [0.2, 0.25) is 11.8 Å². The summed E-state index contributed by atoms with van der Waals surface area (Å²) in [6, 6.07) is 6.09. The Morgan fingerprint density at radius 1 is 1.16 bits per heavy atom. The molecule has 0 aromatic heterocycles. The molecule has 0 radical (unpaired) electrons. The molecule has 0 unspecified atom stereocenters. The van der Waals surface area contributed by atoms with E-state index in [2.05, 4.69) is 5.32 Å². The topological polar surface area (TPSA) is 92.8 Å². The average molecular weight is 344 g/mol. The summed E-state index contributed by atoms with van der Waals surface area (Å²) in [7, 11) is 0. The Balaban J connectivity index is 1.53. The second-order valence-electron chi connectivity index (χ2n) is 6.44. The quantitative estimate of drug-likeness (QED) is 0.622. The van der Waals surface area contributed by atoms with Gasteiger partial charge in [-0.05, 0) is 49.9 Å². The number of amides is 3. The van der Waals surface area contributed by atoms with Gasteiger partial charge in [0.1, 0.15) is 0 Å². The lowest BCUT2D eigenvalue weighted by atomic mass is 10.2. The zero-order chi connectivity index (χ0) is 18.0. The highest BCUT2D eigenvalue weighted by Crippen LogP contribution is 2.32. The predicted octanol–water partition coefficient (Wildman–Crippen LogP) is 1.41. The van der Waals surface area contributed by atoms with Gasteiger partial charge in [0.25, 0.3) is 5.91 Å². The third kappa shape index (κ3) is 4.04. The second-order valence-corrected chi connectivity index (χ2v) is 6.44. The lowest BCUT2D eigenvalue weighted by Crippen LogP contribution is -2.37. The van der Waals surface area contributed by atoms with Crippen molar-refractivity contribution in [2.24, 2.45) is 5.92 Å². The number of carbonyl (C=O) groups is 4. The Bertz CT molecular complexity index is 693. The molecule has 3 rings (SSSR count). The molecular weight excluding hydrogens is 324 g/mol. The molecular formula is C18H20N2O5. The molecule has 7 heteroatoms. The molecule has 1 aliphatic heterocycles. The van der Waals surface area contributed by atoms with Gasteiger partial charge in [-0.1, -0.05) is 0 Å². The lowest BCUT2D eigenvalue weighted by molar-refractivity contribution is -0.125. The van der Waals surface area contributed by atoms with Crippen LogP contribution in [0.25, 0.3) is 0 Å². The highest BCUT2D eigenvalue weighted by molar-refractivity contribution is 6.19. The molecule has 1 aromatic carbocycles. The first-order chi connectivity index (χ1) is 12.0. The van der Waals surface area contributed by atoms with Crippen LogP contribution < -0.4 is 10.2 Å². The minimum absolute atomic E-state index is 0.0982. The number of nitrogens with zero attached hydrogens (tertiary/aromatic N) is 1. The first-order valence-electron chi connectivity index (χ1n) is 8.38. The van der Waals surface area contributed by atoms with Gasteiger partial charge in [-0.2, -0.15) is 0 Å². The normalized spacial score (nSPS) is 18.2. The second kappa shape index (κ2) is 7.04. The van der Waals surface area contributed by atoms with Gasteiger partial charge in [0, 0.05) is 18.9 Å². The van der Waals surface area contributed by atoms with Crippen molar-refractivity contribution in [3.63, 3.8) is 0 Å². The van der Waals surface area contributed by atoms with Crippen LogP contribution in [-0.2, 0) is 19.1 Å². The molecule has 1 saturated heterocycles. The van der Waals surface area contributed by atoms with Crippen molar-refractivity contribution in [3.05, 3.63) is 29.8 Å². The van der Waals surface area contributed by atoms with Crippen molar-refractivity contribution in [2.75, 3.05) is 11.5 Å². The molecule has 3 amide bonds. The van der Waals surface area contributed by atoms with Crippen LogP contribution in [0.2, 0.25) is 0 Å². The van der Waals surface area contributed by atoms with Gasteiger partial charge >= 0.3 is 5.97 Å². The number of anilines is 1. The molecule has 7 nitrogen and oxygen atoms in total. The van der Waals surface area contributed by atoms with E-state index in [1.54, 1.807) is 0 Å². The fourth-order valence-corrected chi connectivity index (χ4v) is 2.84.